The molecule has 0 aliphatic carbocycles. The molecule has 3 heterocycles. The molecule has 3 aliphatic rings. The van der Waals surface area contributed by atoms with E-state index in [1.165, 1.54) is 12.1 Å². The Morgan fingerprint density at radius 1 is 1.13 bits per heavy atom. The van der Waals surface area contributed by atoms with Gasteiger partial charge >= 0.3 is 0 Å². The van der Waals surface area contributed by atoms with Gasteiger partial charge in [0.15, 0.2) is 17.1 Å². The maximum Gasteiger partial charge on any atom is 0.269 e. The summed E-state index contributed by atoms with van der Waals surface area (Å²) in [4.78, 5) is 20.5. The summed E-state index contributed by atoms with van der Waals surface area (Å²) in [5.41, 5.74) is 1.93. The fraction of sp³-hybridized carbons (Fsp3) is 0.364. The van der Waals surface area contributed by atoms with Crippen molar-refractivity contribution in [3.05, 3.63) is 59.4 Å². The SMILES string of the molecule is O=C(NCc1ccc(F)cc1)C1=NOC2(CCN(Cc3ccc4c(c3)OCO4)C2)C1. The van der Waals surface area contributed by atoms with Crippen LogP contribution in [0.3, 0.4) is 0 Å². The molecule has 1 unspecified atom stereocenters. The zero-order chi connectivity index (χ0) is 20.6. The Morgan fingerprint density at radius 3 is 2.80 bits per heavy atom. The third kappa shape index (κ3) is 3.82. The lowest BCUT2D eigenvalue weighted by Crippen LogP contribution is -2.36. The van der Waals surface area contributed by atoms with Crippen molar-refractivity contribution in [2.75, 3.05) is 19.9 Å². The van der Waals surface area contributed by atoms with Crippen molar-refractivity contribution in [2.24, 2.45) is 5.16 Å². The number of rotatable bonds is 5. The Bertz CT molecular complexity index is 994. The van der Waals surface area contributed by atoms with Crippen LogP contribution in [0.15, 0.2) is 47.6 Å². The Morgan fingerprint density at radius 2 is 1.93 bits per heavy atom. The average Bonchev–Trinajstić information content (AvgIpc) is 3.48. The summed E-state index contributed by atoms with van der Waals surface area (Å²) in [6.45, 7) is 2.94. The van der Waals surface area contributed by atoms with Crippen LogP contribution in [-0.2, 0) is 22.7 Å². The molecule has 1 atom stereocenters. The number of likely N-dealkylation sites (tertiary alicyclic amines) is 1. The standard InChI is InChI=1S/C22H22FN3O4/c23-17-4-1-15(2-5-17)11-24-21(27)18-10-22(30-25-18)7-8-26(13-22)12-16-3-6-19-20(9-16)29-14-28-19/h1-6,9H,7-8,10-14H2,(H,24,27). The van der Waals surface area contributed by atoms with Crippen molar-refractivity contribution >= 4 is 11.6 Å². The van der Waals surface area contributed by atoms with Gasteiger partial charge in [-0.25, -0.2) is 4.39 Å². The van der Waals surface area contributed by atoms with Gasteiger partial charge in [0, 0.05) is 39.0 Å². The zero-order valence-corrected chi connectivity index (χ0v) is 16.4. The molecule has 1 N–H and O–H groups in total. The van der Waals surface area contributed by atoms with E-state index in [2.05, 4.69) is 15.4 Å². The van der Waals surface area contributed by atoms with E-state index in [-0.39, 0.29) is 18.5 Å². The van der Waals surface area contributed by atoms with Gasteiger partial charge < -0.3 is 19.6 Å². The maximum atomic E-state index is 13.0. The summed E-state index contributed by atoms with van der Waals surface area (Å²) in [6.07, 6.45) is 1.30. The number of carbonyl (C=O) groups excluding carboxylic acids is 1. The van der Waals surface area contributed by atoms with Crippen LogP contribution in [0.1, 0.15) is 24.0 Å². The summed E-state index contributed by atoms with van der Waals surface area (Å²) in [5.74, 6) is 1.01. The van der Waals surface area contributed by atoms with E-state index in [0.29, 0.717) is 25.2 Å². The quantitative estimate of drug-likeness (QED) is 0.819. The monoisotopic (exact) mass is 411 g/mol. The summed E-state index contributed by atoms with van der Waals surface area (Å²) in [7, 11) is 0. The minimum atomic E-state index is -0.446. The number of fused-ring (bicyclic) bond motifs is 1. The summed E-state index contributed by atoms with van der Waals surface area (Å²) < 4.78 is 23.8. The predicted octanol–water partition coefficient (Wildman–Crippen LogP) is 2.59. The minimum absolute atomic E-state index is 0.245. The molecule has 1 fully saturated rings. The van der Waals surface area contributed by atoms with Crippen molar-refractivity contribution < 1.29 is 23.5 Å². The van der Waals surface area contributed by atoms with Crippen molar-refractivity contribution in [2.45, 2.75) is 31.5 Å². The molecule has 0 saturated carbocycles. The van der Waals surface area contributed by atoms with Crippen molar-refractivity contribution in [1.82, 2.24) is 10.2 Å². The normalized spacial score (nSPS) is 22.2. The van der Waals surface area contributed by atoms with E-state index in [1.807, 2.05) is 18.2 Å². The van der Waals surface area contributed by atoms with Crippen LogP contribution in [0.25, 0.3) is 0 Å². The largest absolute Gasteiger partial charge is 0.454 e. The smallest absolute Gasteiger partial charge is 0.269 e. The van der Waals surface area contributed by atoms with Gasteiger partial charge in [-0.2, -0.15) is 0 Å². The number of amides is 1. The number of nitrogens with one attached hydrogen (secondary N) is 1. The molecule has 2 aromatic carbocycles. The first-order chi connectivity index (χ1) is 14.6. The van der Waals surface area contributed by atoms with Crippen LogP contribution < -0.4 is 14.8 Å². The maximum absolute atomic E-state index is 13.0. The molecule has 2 aromatic rings. The van der Waals surface area contributed by atoms with Gasteiger partial charge in [-0.15, -0.1) is 0 Å². The van der Waals surface area contributed by atoms with Crippen LogP contribution in [0, 0.1) is 5.82 Å². The lowest BCUT2D eigenvalue weighted by atomic mass is 9.96. The van der Waals surface area contributed by atoms with Crippen molar-refractivity contribution in [1.29, 1.82) is 0 Å². The third-order valence-corrected chi connectivity index (χ3v) is 5.71. The molecule has 3 aliphatic heterocycles. The second kappa shape index (κ2) is 7.60. The average molecular weight is 411 g/mol. The molecule has 156 valence electrons. The summed E-state index contributed by atoms with van der Waals surface area (Å²) in [6, 6.07) is 12.0. The molecule has 0 bridgehead atoms. The number of halogens is 1. The van der Waals surface area contributed by atoms with Crippen LogP contribution in [0.5, 0.6) is 11.5 Å². The number of carbonyl (C=O) groups is 1. The van der Waals surface area contributed by atoms with Crippen molar-refractivity contribution in [3.8, 4) is 11.5 Å². The highest BCUT2D eigenvalue weighted by molar-refractivity contribution is 6.39. The highest BCUT2D eigenvalue weighted by Crippen LogP contribution is 2.36. The fourth-order valence-corrected chi connectivity index (χ4v) is 4.11. The number of hydrogen-bond acceptors (Lipinski definition) is 6. The lowest BCUT2D eigenvalue weighted by Gasteiger charge is -2.21. The number of nitrogens with zero attached hydrogens (tertiary/aromatic N) is 2. The van der Waals surface area contributed by atoms with Crippen LogP contribution in [0.4, 0.5) is 4.39 Å². The Hall–Kier alpha value is -3.13. The van der Waals surface area contributed by atoms with Gasteiger partial charge in [0.05, 0.1) is 0 Å². The first-order valence-corrected chi connectivity index (χ1v) is 9.97. The van der Waals surface area contributed by atoms with Gasteiger partial charge in [-0.1, -0.05) is 23.4 Å². The van der Waals surface area contributed by atoms with E-state index in [0.717, 1.165) is 42.1 Å². The van der Waals surface area contributed by atoms with Gasteiger partial charge in [0.1, 0.15) is 11.5 Å². The molecule has 5 rings (SSSR count). The topological polar surface area (TPSA) is 72.4 Å². The highest BCUT2D eigenvalue weighted by atomic mass is 19.1. The molecule has 1 saturated heterocycles. The van der Waals surface area contributed by atoms with Crippen molar-refractivity contribution in [3.63, 3.8) is 0 Å². The minimum Gasteiger partial charge on any atom is -0.454 e. The Labute approximate surface area is 173 Å². The molecule has 1 spiro atoms. The molecular weight excluding hydrogens is 389 g/mol. The van der Waals surface area contributed by atoms with Crippen LogP contribution >= 0.6 is 0 Å². The molecule has 0 radical (unpaired) electrons. The predicted molar refractivity (Wildman–Crippen MR) is 107 cm³/mol. The molecule has 30 heavy (non-hydrogen) atoms. The van der Waals surface area contributed by atoms with Crippen LogP contribution in [0.2, 0.25) is 0 Å². The molecule has 1 amide bonds. The zero-order valence-electron chi connectivity index (χ0n) is 16.4. The number of benzene rings is 2. The van der Waals surface area contributed by atoms with E-state index < -0.39 is 5.60 Å². The molecular formula is C22H22FN3O4. The molecule has 8 heteroatoms. The molecule has 0 aromatic heterocycles. The van der Waals surface area contributed by atoms with Crippen LogP contribution in [-0.4, -0.2) is 42.0 Å². The first kappa shape index (κ1) is 18.9. The Kier molecular flexibility index (Phi) is 4.78. The highest BCUT2D eigenvalue weighted by Gasteiger charge is 2.46. The lowest BCUT2D eigenvalue weighted by molar-refractivity contribution is -0.115. The first-order valence-electron chi connectivity index (χ1n) is 9.97. The van der Waals surface area contributed by atoms with Gasteiger partial charge in [-0.05, 0) is 35.4 Å². The second-order valence-electron chi connectivity index (χ2n) is 7.95. The summed E-state index contributed by atoms with van der Waals surface area (Å²) >= 11 is 0. The number of hydrogen-bond donors (Lipinski definition) is 1. The van der Waals surface area contributed by atoms with Gasteiger partial charge in [0.25, 0.3) is 5.91 Å². The fourth-order valence-electron chi connectivity index (χ4n) is 4.11. The van der Waals surface area contributed by atoms with E-state index in [4.69, 9.17) is 14.3 Å². The molecule has 7 nitrogen and oxygen atoms in total. The third-order valence-electron chi connectivity index (χ3n) is 5.71. The second-order valence-corrected chi connectivity index (χ2v) is 7.95. The van der Waals surface area contributed by atoms with E-state index >= 15 is 0 Å². The van der Waals surface area contributed by atoms with Gasteiger partial charge in [0.2, 0.25) is 6.79 Å². The number of oxime groups is 1. The van der Waals surface area contributed by atoms with E-state index in [1.54, 1.807) is 12.1 Å². The Balaban J connectivity index is 1.14. The van der Waals surface area contributed by atoms with E-state index in [9.17, 15) is 9.18 Å². The summed E-state index contributed by atoms with van der Waals surface area (Å²) in [5, 5.41) is 6.90. The number of ether oxygens (including phenoxy) is 2. The van der Waals surface area contributed by atoms with Gasteiger partial charge in [-0.3, -0.25) is 9.69 Å².